The van der Waals surface area contributed by atoms with Crippen molar-refractivity contribution in [2.75, 3.05) is 6.61 Å². The van der Waals surface area contributed by atoms with Crippen molar-refractivity contribution in [1.82, 2.24) is 0 Å². The third kappa shape index (κ3) is 14.0. The Labute approximate surface area is 149 Å². The molecular weight excluding hydrogens is 299 g/mol. The molecule has 136 valence electrons. The lowest BCUT2D eigenvalue weighted by Gasteiger charge is -2.03. The van der Waals surface area contributed by atoms with Crippen LogP contribution >= 0.6 is 0 Å². The minimum Gasteiger partial charge on any atom is -0.463 e. The summed E-state index contributed by atoms with van der Waals surface area (Å²) in [6.07, 6.45) is 15.0. The zero-order chi connectivity index (χ0) is 18.4. The highest BCUT2D eigenvalue weighted by Crippen LogP contribution is 2.13. The summed E-state index contributed by atoms with van der Waals surface area (Å²) in [6, 6.07) is 0. The van der Waals surface area contributed by atoms with Crippen LogP contribution in [0.2, 0.25) is 0 Å². The Kier molecular flexibility index (Phi) is 12.9. The standard InChI is InChI=1S/C22H36O2/c1-7-24-22(23)17-21(6)16-10-15-20(5)14-9-13-19(4)12-8-11-18(2)3/h11,13,15,17H,7-10,12,14,16H2,1-6H3/b19-13+,20-15+,21-17+/i16+1,17+1,21+1. The second-order valence-electron chi connectivity index (χ2n) is 6.74. The number of hydrogen-bond donors (Lipinski definition) is 0. The molecule has 0 fully saturated rings. The molecule has 0 saturated carbocycles. The van der Waals surface area contributed by atoms with Crippen LogP contribution < -0.4 is 0 Å². The number of carbonyl (C=O) groups excluding carboxylic acids is 1. The van der Waals surface area contributed by atoms with Gasteiger partial charge in [-0.05, 0) is 80.1 Å². The van der Waals surface area contributed by atoms with Crippen LogP contribution in [0.1, 0.15) is 80.1 Å². The fourth-order valence-corrected chi connectivity index (χ4v) is 2.34. The Morgan fingerprint density at radius 3 is 1.67 bits per heavy atom. The van der Waals surface area contributed by atoms with Gasteiger partial charge in [0.1, 0.15) is 0 Å². The van der Waals surface area contributed by atoms with Crippen LogP contribution in [0.5, 0.6) is 0 Å². The van der Waals surface area contributed by atoms with Crippen LogP contribution in [0.4, 0.5) is 0 Å². The molecule has 2 nitrogen and oxygen atoms in total. The number of allylic oxidation sites excluding steroid dienone is 7. The summed E-state index contributed by atoms with van der Waals surface area (Å²) in [5, 5.41) is 0. The van der Waals surface area contributed by atoms with Crippen LogP contribution in [0, 0.1) is 0 Å². The summed E-state index contributed by atoms with van der Waals surface area (Å²) >= 11 is 0. The molecule has 0 aliphatic heterocycles. The maximum atomic E-state index is 11.3. The quantitative estimate of drug-likeness (QED) is 0.182. The van der Waals surface area contributed by atoms with Crippen LogP contribution in [0.3, 0.4) is 0 Å². The first-order valence-electron chi connectivity index (χ1n) is 9.13. The molecule has 0 atom stereocenters. The molecule has 24 heavy (non-hydrogen) atoms. The zero-order valence-corrected chi connectivity index (χ0v) is 16.6. The zero-order valence-electron chi connectivity index (χ0n) is 16.6. The van der Waals surface area contributed by atoms with Gasteiger partial charge in [-0.15, -0.1) is 0 Å². The molecule has 0 N–H and O–H groups in total. The molecule has 0 unspecified atom stereocenters. The van der Waals surface area contributed by atoms with Crippen molar-refractivity contribution < 1.29 is 9.53 Å². The molecular formula is C22H36O2. The van der Waals surface area contributed by atoms with Crippen molar-refractivity contribution in [3.8, 4) is 0 Å². The van der Waals surface area contributed by atoms with E-state index in [2.05, 4.69) is 45.9 Å². The second kappa shape index (κ2) is 13.8. The molecule has 0 aliphatic carbocycles. The molecule has 0 amide bonds. The summed E-state index contributed by atoms with van der Waals surface area (Å²) in [5.41, 5.74) is 5.38. The van der Waals surface area contributed by atoms with E-state index in [1.165, 1.54) is 16.7 Å². The van der Waals surface area contributed by atoms with Gasteiger partial charge >= 0.3 is 5.97 Å². The Morgan fingerprint density at radius 1 is 0.750 bits per heavy atom. The van der Waals surface area contributed by atoms with Gasteiger partial charge in [0, 0.05) is 6.08 Å². The van der Waals surface area contributed by atoms with Gasteiger partial charge in [-0.1, -0.05) is 40.5 Å². The van der Waals surface area contributed by atoms with Crippen molar-refractivity contribution in [3.05, 3.63) is 46.6 Å². The van der Waals surface area contributed by atoms with Gasteiger partial charge in [0.25, 0.3) is 0 Å². The predicted molar refractivity (Wildman–Crippen MR) is 105 cm³/mol. The third-order valence-corrected chi connectivity index (χ3v) is 3.81. The molecule has 0 rings (SSSR count). The number of carbonyl (C=O) groups is 1. The first kappa shape index (κ1) is 22.4. The molecule has 2 heteroatoms. The lowest BCUT2D eigenvalue weighted by Crippen LogP contribution is -2.00. The van der Waals surface area contributed by atoms with E-state index >= 15 is 0 Å². The fourth-order valence-electron chi connectivity index (χ4n) is 2.34. The maximum absolute atomic E-state index is 11.3. The molecule has 0 radical (unpaired) electrons. The second-order valence-corrected chi connectivity index (χ2v) is 6.74. The highest BCUT2D eigenvalue weighted by molar-refractivity contribution is 5.82. The Morgan fingerprint density at radius 2 is 1.21 bits per heavy atom. The van der Waals surface area contributed by atoms with Crippen LogP contribution in [-0.4, -0.2) is 12.6 Å². The van der Waals surface area contributed by atoms with E-state index in [4.69, 9.17) is 4.74 Å². The van der Waals surface area contributed by atoms with Crippen molar-refractivity contribution in [3.63, 3.8) is 0 Å². The topological polar surface area (TPSA) is 26.3 Å². The molecule has 0 aromatic heterocycles. The Balaban J connectivity index is 4.06. The van der Waals surface area contributed by atoms with E-state index in [-0.39, 0.29) is 5.97 Å². The average molecular weight is 336 g/mol. The minimum absolute atomic E-state index is 0.232. The van der Waals surface area contributed by atoms with Gasteiger partial charge in [0.05, 0.1) is 6.61 Å². The Hall–Kier alpha value is -1.57. The fraction of sp³-hybridized carbons (Fsp3) is 0.591. The van der Waals surface area contributed by atoms with Gasteiger partial charge in [-0.25, -0.2) is 4.79 Å². The van der Waals surface area contributed by atoms with Crippen molar-refractivity contribution in [1.29, 1.82) is 0 Å². The van der Waals surface area contributed by atoms with Crippen molar-refractivity contribution in [2.24, 2.45) is 0 Å². The lowest BCUT2D eigenvalue weighted by atomic mass is 10.1. The van der Waals surface area contributed by atoms with Gasteiger partial charge in [-0.2, -0.15) is 0 Å². The number of esters is 1. The summed E-state index contributed by atoms with van der Waals surface area (Å²) in [5.74, 6) is -0.232. The predicted octanol–water partition coefficient (Wildman–Crippen LogP) is 6.70. The normalized spacial score (nSPS) is 13.0. The molecule has 0 saturated heterocycles. The van der Waals surface area contributed by atoms with Crippen molar-refractivity contribution >= 4 is 5.97 Å². The van der Waals surface area contributed by atoms with Gasteiger partial charge < -0.3 is 4.74 Å². The number of rotatable bonds is 11. The third-order valence-electron chi connectivity index (χ3n) is 3.81. The monoisotopic (exact) mass is 335 g/mol. The van der Waals surface area contributed by atoms with Crippen LogP contribution in [0.15, 0.2) is 46.6 Å². The van der Waals surface area contributed by atoms with E-state index in [9.17, 15) is 4.79 Å². The van der Waals surface area contributed by atoms with E-state index in [1.54, 1.807) is 6.08 Å². The maximum Gasteiger partial charge on any atom is 0.330 e. The Bertz CT molecular complexity index is 486. The minimum atomic E-state index is -0.232. The summed E-state index contributed by atoms with van der Waals surface area (Å²) in [7, 11) is 0. The molecule has 0 spiro atoms. The van der Waals surface area contributed by atoms with Crippen LogP contribution in [0.25, 0.3) is 0 Å². The SMILES string of the molecule is CCOC(=O)/[13CH]=[13C](\C)[13CH2]C/C=C(\C)CC/C=C(\C)CCC=C(C)C. The van der Waals surface area contributed by atoms with E-state index in [0.717, 1.165) is 44.1 Å². The first-order chi connectivity index (χ1) is 11.3. The lowest BCUT2D eigenvalue weighted by molar-refractivity contribution is -0.137. The van der Waals surface area contributed by atoms with E-state index in [0.29, 0.717) is 6.61 Å². The molecule has 0 bridgehead atoms. The van der Waals surface area contributed by atoms with Gasteiger partial charge in [-0.3, -0.25) is 0 Å². The summed E-state index contributed by atoms with van der Waals surface area (Å²) < 4.78 is 4.92. The van der Waals surface area contributed by atoms with E-state index in [1.807, 2.05) is 13.8 Å². The molecule has 0 aromatic rings. The van der Waals surface area contributed by atoms with Gasteiger partial charge in [0.2, 0.25) is 0 Å². The highest BCUT2D eigenvalue weighted by Gasteiger charge is 1.98. The average Bonchev–Trinajstić information content (AvgIpc) is 2.46. The van der Waals surface area contributed by atoms with Crippen LogP contribution in [-0.2, 0) is 9.53 Å². The molecule has 0 aliphatic rings. The number of ether oxygens (including phenoxy) is 1. The molecule has 0 aromatic carbocycles. The largest absolute Gasteiger partial charge is 0.463 e. The van der Waals surface area contributed by atoms with Gasteiger partial charge in [0.15, 0.2) is 0 Å². The molecule has 0 heterocycles. The van der Waals surface area contributed by atoms with E-state index < -0.39 is 0 Å². The number of hydrogen-bond acceptors (Lipinski definition) is 2. The smallest absolute Gasteiger partial charge is 0.330 e. The highest BCUT2D eigenvalue weighted by atomic mass is 16.5. The summed E-state index contributed by atoms with van der Waals surface area (Å²) in [4.78, 5) is 11.3. The first-order valence-corrected chi connectivity index (χ1v) is 9.13. The summed E-state index contributed by atoms with van der Waals surface area (Å²) in [6.45, 7) is 13.0. The van der Waals surface area contributed by atoms with Crippen molar-refractivity contribution in [2.45, 2.75) is 80.1 Å².